The van der Waals surface area contributed by atoms with E-state index in [4.69, 9.17) is 4.98 Å². The highest BCUT2D eigenvalue weighted by atomic mass is 16.2. The average molecular weight is 374 g/mol. The molecule has 1 fully saturated rings. The maximum Gasteiger partial charge on any atom is 0.254 e. The molecule has 0 unspecified atom stereocenters. The Hall–Kier alpha value is -2.82. The molecule has 4 rings (SSSR count). The number of aromatic nitrogens is 3. The van der Waals surface area contributed by atoms with Crippen molar-refractivity contribution in [3.63, 3.8) is 0 Å². The summed E-state index contributed by atoms with van der Waals surface area (Å²) in [5.74, 6) is 0.107. The van der Waals surface area contributed by atoms with Gasteiger partial charge in [0.25, 0.3) is 5.91 Å². The molecule has 3 heterocycles. The summed E-state index contributed by atoms with van der Waals surface area (Å²) in [5, 5.41) is 0.927. The van der Waals surface area contributed by atoms with Crippen LogP contribution in [0.1, 0.15) is 53.6 Å². The number of aryl methyl sites for hydroxylation is 2. The standard InChI is InChI=1S/C23H26N4O/c1-16-8-9-19-20(23(28)27-10-6-4-3-5-7-11-27)12-21(26-22(19)17(16)2)18-13-24-15-25-14-18/h8-9,12-15H,3-7,10-11H2,1-2H3. The third kappa shape index (κ3) is 3.61. The number of hydrogen-bond acceptors (Lipinski definition) is 4. The van der Waals surface area contributed by atoms with Crippen LogP contribution in [-0.4, -0.2) is 38.8 Å². The number of rotatable bonds is 2. The minimum atomic E-state index is 0.107. The summed E-state index contributed by atoms with van der Waals surface area (Å²) in [6.45, 7) is 5.81. The van der Waals surface area contributed by atoms with E-state index < -0.39 is 0 Å². The SMILES string of the molecule is Cc1ccc2c(C(=O)N3CCCCCCC3)cc(-c3cncnc3)nc2c1C. The van der Waals surface area contributed by atoms with Crippen LogP contribution in [0.2, 0.25) is 0 Å². The van der Waals surface area contributed by atoms with Crippen molar-refractivity contribution < 1.29 is 4.79 Å². The number of hydrogen-bond donors (Lipinski definition) is 0. The first kappa shape index (κ1) is 18.5. The fourth-order valence-electron chi connectivity index (χ4n) is 3.91. The highest BCUT2D eigenvalue weighted by molar-refractivity contribution is 6.08. The van der Waals surface area contributed by atoms with Crippen molar-refractivity contribution in [2.24, 2.45) is 0 Å². The van der Waals surface area contributed by atoms with Gasteiger partial charge in [-0.05, 0) is 43.9 Å². The molecule has 28 heavy (non-hydrogen) atoms. The van der Waals surface area contributed by atoms with E-state index in [0.29, 0.717) is 0 Å². The number of likely N-dealkylation sites (tertiary alicyclic amines) is 1. The lowest BCUT2D eigenvalue weighted by atomic mass is 9.98. The molecule has 0 radical (unpaired) electrons. The molecule has 0 aliphatic carbocycles. The molecule has 1 aliphatic heterocycles. The first-order valence-electron chi connectivity index (χ1n) is 10.1. The second kappa shape index (κ2) is 8.05. The summed E-state index contributed by atoms with van der Waals surface area (Å²) >= 11 is 0. The van der Waals surface area contributed by atoms with Gasteiger partial charge in [0.2, 0.25) is 0 Å². The van der Waals surface area contributed by atoms with Crippen LogP contribution < -0.4 is 0 Å². The number of nitrogens with zero attached hydrogens (tertiary/aromatic N) is 4. The zero-order valence-corrected chi connectivity index (χ0v) is 16.6. The lowest BCUT2D eigenvalue weighted by molar-refractivity contribution is 0.0744. The molecule has 5 nitrogen and oxygen atoms in total. The molecule has 0 bridgehead atoms. The van der Waals surface area contributed by atoms with Crippen molar-refractivity contribution in [2.75, 3.05) is 13.1 Å². The zero-order chi connectivity index (χ0) is 19.5. The van der Waals surface area contributed by atoms with Crippen molar-refractivity contribution in [3.8, 4) is 11.3 Å². The second-order valence-corrected chi connectivity index (χ2v) is 7.65. The van der Waals surface area contributed by atoms with Gasteiger partial charge in [0.05, 0.1) is 16.8 Å². The maximum atomic E-state index is 13.5. The van der Waals surface area contributed by atoms with Gasteiger partial charge in [-0.1, -0.05) is 31.4 Å². The number of pyridine rings is 1. The summed E-state index contributed by atoms with van der Waals surface area (Å²) in [5.41, 5.74) is 5.47. The van der Waals surface area contributed by atoms with Crippen molar-refractivity contribution in [3.05, 3.63) is 53.6 Å². The summed E-state index contributed by atoms with van der Waals surface area (Å²) < 4.78 is 0. The Morgan fingerprint density at radius 1 is 0.964 bits per heavy atom. The zero-order valence-electron chi connectivity index (χ0n) is 16.6. The van der Waals surface area contributed by atoms with E-state index in [1.165, 1.54) is 31.2 Å². The molecule has 1 aliphatic rings. The molecule has 0 atom stereocenters. The van der Waals surface area contributed by atoms with Crippen LogP contribution in [0.15, 0.2) is 36.9 Å². The number of carbonyl (C=O) groups excluding carboxylic acids is 1. The van der Waals surface area contributed by atoms with Crippen molar-refractivity contribution >= 4 is 16.8 Å². The predicted molar refractivity (Wildman–Crippen MR) is 111 cm³/mol. The van der Waals surface area contributed by atoms with E-state index in [-0.39, 0.29) is 5.91 Å². The molecule has 1 amide bonds. The second-order valence-electron chi connectivity index (χ2n) is 7.65. The van der Waals surface area contributed by atoms with Crippen LogP contribution in [0.4, 0.5) is 0 Å². The largest absolute Gasteiger partial charge is 0.339 e. The monoisotopic (exact) mass is 374 g/mol. The molecule has 0 saturated carbocycles. The van der Waals surface area contributed by atoms with E-state index in [2.05, 4.69) is 29.9 Å². The fourth-order valence-corrected chi connectivity index (χ4v) is 3.91. The number of amides is 1. The molecule has 1 saturated heterocycles. The third-order valence-corrected chi connectivity index (χ3v) is 5.74. The Bertz CT molecular complexity index is 992. The topological polar surface area (TPSA) is 59.0 Å². The first-order chi connectivity index (χ1) is 13.6. The Morgan fingerprint density at radius 2 is 1.64 bits per heavy atom. The smallest absolute Gasteiger partial charge is 0.254 e. The van der Waals surface area contributed by atoms with Gasteiger partial charge in [0.15, 0.2) is 0 Å². The van der Waals surface area contributed by atoms with Gasteiger partial charge in [-0.2, -0.15) is 0 Å². The average Bonchev–Trinajstić information content (AvgIpc) is 2.70. The summed E-state index contributed by atoms with van der Waals surface area (Å²) in [6.07, 6.45) is 10.8. The molecule has 3 aromatic rings. The van der Waals surface area contributed by atoms with E-state index >= 15 is 0 Å². The number of benzene rings is 1. The molecular weight excluding hydrogens is 348 g/mol. The minimum absolute atomic E-state index is 0.107. The van der Waals surface area contributed by atoms with E-state index in [1.54, 1.807) is 12.4 Å². The molecule has 0 N–H and O–H groups in total. The van der Waals surface area contributed by atoms with Gasteiger partial charge in [0.1, 0.15) is 6.33 Å². The number of fused-ring (bicyclic) bond motifs is 1. The number of carbonyl (C=O) groups is 1. The van der Waals surface area contributed by atoms with E-state index in [0.717, 1.165) is 59.2 Å². The predicted octanol–water partition coefficient (Wildman–Crippen LogP) is 4.71. The molecule has 2 aromatic heterocycles. The summed E-state index contributed by atoms with van der Waals surface area (Å²) in [7, 11) is 0. The molecule has 1 aromatic carbocycles. The highest BCUT2D eigenvalue weighted by Crippen LogP contribution is 2.29. The minimum Gasteiger partial charge on any atom is -0.339 e. The van der Waals surface area contributed by atoms with Crippen LogP contribution in [0.25, 0.3) is 22.2 Å². The quantitative estimate of drug-likeness (QED) is 0.651. The van der Waals surface area contributed by atoms with Crippen LogP contribution in [0, 0.1) is 13.8 Å². The third-order valence-electron chi connectivity index (χ3n) is 5.74. The van der Waals surface area contributed by atoms with Gasteiger partial charge in [-0.25, -0.2) is 15.0 Å². The highest BCUT2D eigenvalue weighted by Gasteiger charge is 2.21. The molecular formula is C23H26N4O. The first-order valence-corrected chi connectivity index (χ1v) is 10.1. The Morgan fingerprint density at radius 3 is 2.36 bits per heavy atom. The molecule has 0 spiro atoms. The van der Waals surface area contributed by atoms with Gasteiger partial charge in [-0.15, -0.1) is 0 Å². The lowest BCUT2D eigenvalue weighted by Crippen LogP contribution is -2.34. The maximum absolute atomic E-state index is 13.5. The van der Waals surface area contributed by atoms with Crippen LogP contribution in [0.5, 0.6) is 0 Å². The summed E-state index contributed by atoms with van der Waals surface area (Å²) in [4.78, 5) is 28.7. The van der Waals surface area contributed by atoms with Gasteiger partial charge < -0.3 is 4.90 Å². The van der Waals surface area contributed by atoms with E-state index in [1.807, 2.05) is 17.0 Å². The van der Waals surface area contributed by atoms with Gasteiger partial charge >= 0.3 is 0 Å². The van der Waals surface area contributed by atoms with Gasteiger partial charge in [-0.3, -0.25) is 4.79 Å². The molecule has 144 valence electrons. The normalized spacial score (nSPS) is 15.3. The van der Waals surface area contributed by atoms with E-state index in [9.17, 15) is 4.79 Å². The van der Waals surface area contributed by atoms with Crippen molar-refractivity contribution in [1.29, 1.82) is 0 Å². The molecule has 5 heteroatoms. The Kier molecular flexibility index (Phi) is 5.33. The fraction of sp³-hybridized carbons (Fsp3) is 0.391. The van der Waals surface area contributed by atoms with Crippen LogP contribution >= 0.6 is 0 Å². The van der Waals surface area contributed by atoms with Crippen molar-refractivity contribution in [2.45, 2.75) is 46.0 Å². The Labute approximate surface area is 165 Å². The van der Waals surface area contributed by atoms with Gasteiger partial charge in [0, 0.05) is 36.4 Å². The Balaban J connectivity index is 1.86. The lowest BCUT2D eigenvalue weighted by Gasteiger charge is -2.25. The van der Waals surface area contributed by atoms with Crippen LogP contribution in [-0.2, 0) is 0 Å². The van der Waals surface area contributed by atoms with Crippen LogP contribution in [0.3, 0.4) is 0 Å². The van der Waals surface area contributed by atoms with Crippen molar-refractivity contribution in [1.82, 2.24) is 19.9 Å². The summed E-state index contributed by atoms with van der Waals surface area (Å²) in [6, 6.07) is 6.03.